The topological polar surface area (TPSA) is 72.2 Å². The molecule has 0 aromatic carbocycles. The first-order chi connectivity index (χ1) is 7.49. The van der Waals surface area contributed by atoms with Gasteiger partial charge in [0.1, 0.15) is 10.6 Å². The van der Waals surface area contributed by atoms with Crippen LogP contribution in [0, 0.1) is 13.8 Å². The second-order valence-electron chi connectivity index (χ2n) is 3.41. The molecule has 0 spiro atoms. The average Bonchev–Trinajstić information content (AvgIpc) is 2.54. The summed E-state index contributed by atoms with van der Waals surface area (Å²) in [5.74, 6) is 0.316. The lowest BCUT2D eigenvalue weighted by molar-refractivity contribution is 0.390. The first-order valence-electron chi connectivity index (χ1n) is 5.02. The highest BCUT2D eigenvalue weighted by Crippen LogP contribution is 2.18. The zero-order chi connectivity index (χ0) is 12.2. The van der Waals surface area contributed by atoms with Gasteiger partial charge in [-0.1, -0.05) is 17.3 Å². The van der Waals surface area contributed by atoms with Crippen molar-refractivity contribution in [3.63, 3.8) is 0 Å². The van der Waals surface area contributed by atoms with Gasteiger partial charge >= 0.3 is 0 Å². The van der Waals surface area contributed by atoms with Crippen LogP contribution in [-0.2, 0) is 10.0 Å². The molecule has 0 radical (unpaired) electrons. The number of aromatic nitrogens is 1. The fraction of sp³-hybridized carbons (Fsp3) is 0.500. The number of nitrogens with one attached hydrogen (secondary N) is 1. The maximum Gasteiger partial charge on any atom is 0.245 e. The summed E-state index contributed by atoms with van der Waals surface area (Å²) < 4.78 is 31.1. The summed E-state index contributed by atoms with van der Waals surface area (Å²) in [7, 11) is -3.50. The third kappa shape index (κ3) is 2.93. The molecule has 0 saturated heterocycles. The molecule has 1 aromatic rings. The Morgan fingerprint density at radius 2 is 2.12 bits per heavy atom. The van der Waals surface area contributed by atoms with E-state index in [4.69, 9.17) is 4.52 Å². The number of allylic oxidation sites excluding steroid dienone is 1. The van der Waals surface area contributed by atoms with Gasteiger partial charge in [-0.15, -0.1) is 0 Å². The van der Waals surface area contributed by atoms with Crippen LogP contribution in [0.4, 0.5) is 0 Å². The van der Waals surface area contributed by atoms with E-state index in [0.717, 1.165) is 0 Å². The number of rotatable bonds is 5. The summed E-state index contributed by atoms with van der Waals surface area (Å²) in [5.41, 5.74) is 0.385. The number of hydrogen-bond acceptors (Lipinski definition) is 4. The second-order valence-corrected chi connectivity index (χ2v) is 5.11. The Labute approximate surface area is 95.6 Å². The SMILES string of the molecule is C/C=C/CCNS(=O)(=O)c1c(C)noc1C. The van der Waals surface area contributed by atoms with Gasteiger partial charge in [0.2, 0.25) is 10.0 Å². The molecule has 1 aromatic heterocycles. The summed E-state index contributed by atoms with van der Waals surface area (Å²) in [5, 5.41) is 3.62. The van der Waals surface area contributed by atoms with Crippen molar-refractivity contribution < 1.29 is 12.9 Å². The van der Waals surface area contributed by atoms with Crippen LogP contribution in [0.25, 0.3) is 0 Å². The van der Waals surface area contributed by atoms with E-state index in [2.05, 4.69) is 9.88 Å². The molecule has 0 aliphatic rings. The van der Waals surface area contributed by atoms with Crippen LogP contribution in [0.2, 0.25) is 0 Å². The smallest absolute Gasteiger partial charge is 0.245 e. The quantitative estimate of drug-likeness (QED) is 0.630. The zero-order valence-electron chi connectivity index (χ0n) is 9.65. The minimum absolute atomic E-state index is 0.146. The molecule has 1 N–H and O–H groups in total. The average molecular weight is 244 g/mol. The maximum atomic E-state index is 11.9. The molecule has 0 aliphatic carbocycles. The van der Waals surface area contributed by atoms with Crippen molar-refractivity contribution in [1.29, 1.82) is 0 Å². The Morgan fingerprint density at radius 3 is 2.62 bits per heavy atom. The lowest BCUT2D eigenvalue weighted by Gasteiger charge is -2.04. The lowest BCUT2D eigenvalue weighted by Crippen LogP contribution is -2.25. The van der Waals surface area contributed by atoms with E-state index >= 15 is 0 Å². The van der Waals surface area contributed by atoms with Crippen LogP contribution < -0.4 is 4.72 Å². The van der Waals surface area contributed by atoms with Gasteiger partial charge in [0, 0.05) is 6.54 Å². The van der Waals surface area contributed by atoms with Crippen molar-refractivity contribution in [2.75, 3.05) is 6.54 Å². The predicted molar refractivity (Wildman–Crippen MR) is 60.6 cm³/mol. The summed E-state index contributed by atoms with van der Waals surface area (Å²) in [4.78, 5) is 0.146. The Hall–Kier alpha value is -1.14. The minimum Gasteiger partial charge on any atom is -0.360 e. The van der Waals surface area contributed by atoms with Crippen molar-refractivity contribution in [1.82, 2.24) is 9.88 Å². The number of hydrogen-bond donors (Lipinski definition) is 1. The van der Waals surface area contributed by atoms with Crippen LogP contribution in [0.5, 0.6) is 0 Å². The first-order valence-corrected chi connectivity index (χ1v) is 6.51. The summed E-state index contributed by atoms with van der Waals surface area (Å²) in [6, 6.07) is 0. The molecule has 0 unspecified atom stereocenters. The molecular weight excluding hydrogens is 228 g/mol. The molecule has 5 nitrogen and oxygen atoms in total. The van der Waals surface area contributed by atoms with Gasteiger partial charge in [-0.3, -0.25) is 0 Å². The van der Waals surface area contributed by atoms with Crippen molar-refractivity contribution in [2.45, 2.75) is 32.1 Å². The summed E-state index contributed by atoms with van der Waals surface area (Å²) in [6.45, 7) is 5.46. The van der Waals surface area contributed by atoms with Gasteiger partial charge in [-0.25, -0.2) is 13.1 Å². The molecule has 1 heterocycles. The molecule has 90 valence electrons. The van der Waals surface area contributed by atoms with E-state index in [0.29, 0.717) is 24.4 Å². The molecule has 0 saturated carbocycles. The predicted octanol–water partition coefficient (Wildman–Crippen LogP) is 1.54. The van der Waals surface area contributed by atoms with Crippen LogP contribution in [0.3, 0.4) is 0 Å². The number of aryl methyl sites for hydroxylation is 2. The van der Waals surface area contributed by atoms with Crippen LogP contribution in [0.1, 0.15) is 24.8 Å². The highest BCUT2D eigenvalue weighted by atomic mass is 32.2. The van der Waals surface area contributed by atoms with Crippen LogP contribution in [-0.4, -0.2) is 20.1 Å². The first kappa shape index (κ1) is 12.9. The lowest BCUT2D eigenvalue weighted by atomic mass is 10.4. The third-order valence-electron chi connectivity index (χ3n) is 2.08. The molecule has 16 heavy (non-hydrogen) atoms. The summed E-state index contributed by atoms with van der Waals surface area (Å²) >= 11 is 0. The maximum absolute atomic E-state index is 11.9. The van der Waals surface area contributed by atoms with E-state index in [-0.39, 0.29) is 4.90 Å². The number of nitrogens with zero attached hydrogens (tertiary/aromatic N) is 1. The van der Waals surface area contributed by atoms with E-state index in [1.54, 1.807) is 13.8 Å². The minimum atomic E-state index is -3.50. The molecule has 0 bridgehead atoms. The second kappa shape index (κ2) is 5.27. The summed E-state index contributed by atoms with van der Waals surface area (Å²) in [6.07, 6.45) is 4.44. The highest BCUT2D eigenvalue weighted by molar-refractivity contribution is 7.89. The van der Waals surface area contributed by atoms with Crippen LogP contribution in [0.15, 0.2) is 21.6 Å². The van der Waals surface area contributed by atoms with Gasteiger partial charge < -0.3 is 4.52 Å². The van der Waals surface area contributed by atoms with Crippen molar-refractivity contribution in [2.24, 2.45) is 0 Å². The monoisotopic (exact) mass is 244 g/mol. The van der Waals surface area contributed by atoms with E-state index in [1.807, 2.05) is 19.1 Å². The highest BCUT2D eigenvalue weighted by Gasteiger charge is 2.23. The van der Waals surface area contributed by atoms with Gasteiger partial charge in [0.05, 0.1) is 0 Å². The molecule has 1 rings (SSSR count). The molecule has 6 heteroatoms. The zero-order valence-corrected chi connectivity index (χ0v) is 10.5. The normalized spacial score (nSPS) is 12.4. The Kier molecular flexibility index (Phi) is 4.26. The number of sulfonamides is 1. The van der Waals surface area contributed by atoms with Crippen molar-refractivity contribution in [3.8, 4) is 0 Å². The van der Waals surface area contributed by atoms with Gasteiger partial charge in [0.25, 0.3) is 0 Å². The molecule has 0 atom stereocenters. The van der Waals surface area contributed by atoms with Crippen molar-refractivity contribution in [3.05, 3.63) is 23.6 Å². The Morgan fingerprint density at radius 1 is 1.44 bits per heavy atom. The molecule has 0 amide bonds. The standard InChI is InChI=1S/C10H16N2O3S/c1-4-5-6-7-11-16(13,14)10-8(2)12-15-9(10)3/h4-5,11H,6-7H2,1-3H3/b5-4+. The Balaban J connectivity index is 2.79. The fourth-order valence-corrected chi connectivity index (χ4v) is 2.75. The van der Waals surface area contributed by atoms with Crippen LogP contribution >= 0.6 is 0 Å². The third-order valence-corrected chi connectivity index (χ3v) is 3.78. The molecule has 0 aliphatic heterocycles. The molecule has 0 fully saturated rings. The van der Waals surface area contributed by atoms with E-state index < -0.39 is 10.0 Å². The van der Waals surface area contributed by atoms with Gasteiger partial charge in [0.15, 0.2) is 5.76 Å². The fourth-order valence-electron chi connectivity index (χ4n) is 1.37. The Bertz CT molecular complexity index is 455. The van der Waals surface area contributed by atoms with Crippen molar-refractivity contribution >= 4 is 10.0 Å². The van der Waals surface area contributed by atoms with E-state index in [1.165, 1.54) is 0 Å². The van der Waals surface area contributed by atoms with Gasteiger partial charge in [-0.05, 0) is 27.2 Å². The van der Waals surface area contributed by atoms with Gasteiger partial charge in [-0.2, -0.15) is 0 Å². The largest absolute Gasteiger partial charge is 0.360 e. The van der Waals surface area contributed by atoms with E-state index in [9.17, 15) is 8.42 Å². The molecular formula is C10H16N2O3S.